The largest absolute Gasteiger partial charge is 0.462 e. The third kappa shape index (κ3) is 8.05. The number of terminal acetylenes is 1. The van der Waals surface area contributed by atoms with Gasteiger partial charge in [-0.05, 0) is 65.6 Å². The van der Waals surface area contributed by atoms with E-state index in [0.29, 0.717) is 6.42 Å². The van der Waals surface area contributed by atoms with E-state index >= 15 is 0 Å². The number of ether oxygens (including phenoxy) is 3. The molecule has 3 atom stereocenters. The van der Waals surface area contributed by atoms with Crippen molar-refractivity contribution in [1.82, 2.24) is 0 Å². The van der Waals surface area contributed by atoms with Crippen LogP contribution < -0.4 is 0 Å². The van der Waals surface area contributed by atoms with Crippen LogP contribution in [0.25, 0.3) is 0 Å². The standard InChI is InChI=1S/C23H42O5Si/c1-12-13-17(28-29(10,11)22(5,6)7)14-15-18-19(27-23(8,9)26-18)16-25-20(24)21(2,3)4/h1,17-19H,13-16H2,2-11H3. The highest BCUT2D eigenvalue weighted by Gasteiger charge is 2.43. The molecule has 5 nitrogen and oxygen atoms in total. The van der Waals surface area contributed by atoms with Crippen molar-refractivity contribution >= 4 is 14.3 Å². The van der Waals surface area contributed by atoms with Crippen LogP contribution in [-0.2, 0) is 23.4 Å². The molecule has 29 heavy (non-hydrogen) atoms. The Kier molecular flexibility index (Phi) is 8.58. The summed E-state index contributed by atoms with van der Waals surface area (Å²) >= 11 is 0. The van der Waals surface area contributed by atoms with Crippen LogP contribution in [0.4, 0.5) is 0 Å². The van der Waals surface area contributed by atoms with E-state index in [4.69, 9.17) is 25.1 Å². The van der Waals surface area contributed by atoms with E-state index in [2.05, 4.69) is 39.8 Å². The third-order valence-corrected chi connectivity index (χ3v) is 10.2. The minimum atomic E-state index is -1.92. The smallest absolute Gasteiger partial charge is 0.311 e. The van der Waals surface area contributed by atoms with Crippen molar-refractivity contribution in [3.8, 4) is 12.3 Å². The average molecular weight is 427 g/mol. The molecule has 0 spiro atoms. The summed E-state index contributed by atoms with van der Waals surface area (Å²) in [5.41, 5.74) is -0.542. The summed E-state index contributed by atoms with van der Waals surface area (Å²) in [7, 11) is -1.92. The summed E-state index contributed by atoms with van der Waals surface area (Å²) in [5, 5.41) is 0.124. The normalized spacial score (nSPS) is 23.5. The molecule has 0 aromatic rings. The first-order valence-electron chi connectivity index (χ1n) is 10.6. The Morgan fingerprint density at radius 3 is 2.17 bits per heavy atom. The van der Waals surface area contributed by atoms with Gasteiger partial charge in [0.1, 0.15) is 12.7 Å². The zero-order chi connectivity index (χ0) is 22.7. The van der Waals surface area contributed by atoms with Gasteiger partial charge in [-0.1, -0.05) is 20.8 Å². The second-order valence-electron chi connectivity index (χ2n) is 11.0. The number of carbonyl (C=O) groups excluding carboxylic acids is 1. The zero-order valence-corrected chi connectivity index (χ0v) is 21.2. The highest BCUT2D eigenvalue weighted by atomic mass is 28.4. The minimum Gasteiger partial charge on any atom is -0.462 e. The van der Waals surface area contributed by atoms with Gasteiger partial charge in [0.25, 0.3) is 0 Å². The van der Waals surface area contributed by atoms with Crippen LogP contribution in [0.3, 0.4) is 0 Å². The molecular weight excluding hydrogens is 384 g/mol. The Labute approximate surface area is 179 Å². The van der Waals surface area contributed by atoms with Crippen molar-refractivity contribution in [2.75, 3.05) is 6.61 Å². The van der Waals surface area contributed by atoms with Crippen LogP contribution in [0.5, 0.6) is 0 Å². The SMILES string of the molecule is C#CCC(CCC1OC(C)(C)OC1COC(=O)C(C)(C)C)O[Si](C)(C)C(C)(C)C. The Balaban J connectivity index is 2.75. The molecule has 3 unspecified atom stereocenters. The molecule has 0 aromatic carbocycles. The monoisotopic (exact) mass is 426 g/mol. The van der Waals surface area contributed by atoms with Crippen LogP contribution >= 0.6 is 0 Å². The molecule has 0 aliphatic carbocycles. The van der Waals surface area contributed by atoms with Gasteiger partial charge < -0.3 is 18.6 Å². The van der Waals surface area contributed by atoms with Gasteiger partial charge in [0.15, 0.2) is 14.1 Å². The number of hydrogen-bond donors (Lipinski definition) is 0. The second-order valence-corrected chi connectivity index (χ2v) is 15.8. The lowest BCUT2D eigenvalue weighted by molar-refractivity contribution is -0.165. The lowest BCUT2D eigenvalue weighted by atomic mass is 9.97. The van der Waals surface area contributed by atoms with Gasteiger partial charge in [0.2, 0.25) is 0 Å². The van der Waals surface area contributed by atoms with Gasteiger partial charge in [-0.3, -0.25) is 4.79 Å². The average Bonchev–Trinajstić information content (AvgIpc) is 2.82. The fraction of sp³-hybridized carbons (Fsp3) is 0.870. The second kappa shape index (κ2) is 9.51. The fourth-order valence-corrected chi connectivity index (χ4v) is 4.33. The first-order chi connectivity index (χ1) is 13.0. The third-order valence-electron chi connectivity index (χ3n) is 5.66. The molecule has 6 heteroatoms. The molecule has 0 N–H and O–H groups in total. The van der Waals surface area contributed by atoms with E-state index in [1.54, 1.807) is 0 Å². The van der Waals surface area contributed by atoms with Gasteiger partial charge in [-0.2, -0.15) is 0 Å². The van der Waals surface area contributed by atoms with Crippen molar-refractivity contribution in [1.29, 1.82) is 0 Å². The number of rotatable bonds is 8. The van der Waals surface area contributed by atoms with Crippen molar-refractivity contribution in [3.05, 3.63) is 0 Å². The topological polar surface area (TPSA) is 54.0 Å². The summed E-state index contributed by atoms with van der Waals surface area (Å²) in [6.45, 7) is 20.6. The van der Waals surface area contributed by atoms with E-state index in [-0.39, 0.29) is 35.9 Å². The predicted octanol–water partition coefficient (Wildman–Crippen LogP) is 5.29. The maximum Gasteiger partial charge on any atom is 0.311 e. The van der Waals surface area contributed by atoms with Crippen molar-refractivity contribution in [2.45, 2.75) is 117 Å². The molecule has 1 heterocycles. The Morgan fingerprint density at radius 2 is 1.69 bits per heavy atom. The van der Waals surface area contributed by atoms with E-state index in [9.17, 15) is 4.79 Å². The summed E-state index contributed by atoms with van der Waals surface area (Å²) < 4.78 is 24.1. The van der Waals surface area contributed by atoms with Crippen molar-refractivity contribution in [3.63, 3.8) is 0 Å². The number of hydrogen-bond acceptors (Lipinski definition) is 5. The first kappa shape index (κ1) is 26.2. The van der Waals surface area contributed by atoms with Gasteiger partial charge in [-0.15, -0.1) is 12.3 Å². The molecule has 1 aliphatic rings. The fourth-order valence-electron chi connectivity index (χ4n) is 2.95. The number of carbonyl (C=O) groups is 1. The zero-order valence-electron chi connectivity index (χ0n) is 20.2. The van der Waals surface area contributed by atoms with Gasteiger partial charge in [-0.25, -0.2) is 0 Å². The maximum absolute atomic E-state index is 12.1. The summed E-state index contributed by atoms with van der Waals surface area (Å²) in [6, 6.07) is 0. The van der Waals surface area contributed by atoms with Crippen LogP contribution in [0.2, 0.25) is 18.1 Å². The summed E-state index contributed by atoms with van der Waals surface area (Å²) in [5.74, 6) is 1.81. The molecule has 168 valence electrons. The minimum absolute atomic E-state index is 0.00835. The highest BCUT2D eigenvalue weighted by Crippen LogP contribution is 2.39. The number of esters is 1. The quantitative estimate of drug-likeness (QED) is 0.300. The highest BCUT2D eigenvalue weighted by molar-refractivity contribution is 6.74. The van der Waals surface area contributed by atoms with Gasteiger partial charge >= 0.3 is 5.97 Å². The Hall–Kier alpha value is -0.873. The van der Waals surface area contributed by atoms with E-state index in [0.717, 1.165) is 12.8 Å². The molecule has 1 aliphatic heterocycles. The summed E-state index contributed by atoms with van der Waals surface area (Å²) in [6.07, 6.45) is 7.23. The Bertz CT molecular complexity index is 592. The Morgan fingerprint density at radius 1 is 1.14 bits per heavy atom. The van der Waals surface area contributed by atoms with Crippen LogP contribution in [0.15, 0.2) is 0 Å². The molecule has 1 rings (SSSR count). The predicted molar refractivity (Wildman–Crippen MR) is 119 cm³/mol. The van der Waals surface area contributed by atoms with E-state index in [1.165, 1.54) is 0 Å². The first-order valence-corrected chi connectivity index (χ1v) is 13.5. The molecular formula is C23H42O5Si. The van der Waals surface area contributed by atoms with E-state index < -0.39 is 19.5 Å². The lowest BCUT2D eigenvalue weighted by Crippen LogP contribution is -2.44. The molecule has 0 aromatic heterocycles. The molecule has 0 bridgehead atoms. The van der Waals surface area contributed by atoms with Crippen LogP contribution in [0.1, 0.15) is 74.7 Å². The molecule has 0 saturated carbocycles. The molecule has 0 amide bonds. The van der Waals surface area contributed by atoms with Crippen molar-refractivity contribution < 1.29 is 23.4 Å². The van der Waals surface area contributed by atoms with Crippen LogP contribution in [-0.4, -0.2) is 45.0 Å². The maximum atomic E-state index is 12.1. The van der Waals surface area contributed by atoms with Gasteiger partial charge in [0, 0.05) is 6.42 Å². The van der Waals surface area contributed by atoms with Gasteiger partial charge in [0.05, 0.1) is 17.6 Å². The van der Waals surface area contributed by atoms with E-state index in [1.807, 2.05) is 34.6 Å². The summed E-state index contributed by atoms with van der Waals surface area (Å²) in [4.78, 5) is 12.1. The molecule has 1 fully saturated rings. The molecule has 0 radical (unpaired) electrons. The lowest BCUT2D eigenvalue weighted by Gasteiger charge is -2.39. The van der Waals surface area contributed by atoms with Crippen LogP contribution in [0, 0.1) is 17.8 Å². The van der Waals surface area contributed by atoms with Crippen molar-refractivity contribution in [2.24, 2.45) is 5.41 Å². The molecule has 1 saturated heterocycles.